The van der Waals surface area contributed by atoms with Crippen LogP contribution >= 0.6 is 0 Å². The number of aryl methyl sites for hydroxylation is 3. The zero-order valence-electron chi connectivity index (χ0n) is 10.3. The van der Waals surface area contributed by atoms with Gasteiger partial charge < -0.3 is 10.3 Å². The molecule has 0 fully saturated rings. The maximum Gasteiger partial charge on any atom is 0.0510 e. The van der Waals surface area contributed by atoms with Gasteiger partial charge in [-0.2, -0.15) is 0 Å². The van der Waals surface area contributed by atoms with E-state index in [1.54, 1.807) is 0 Å². The summed E-state index contributed by atoms with van der Waals surface area (Å²) in [4.78, 5) is 0. The van der Waals surface area contributed by atoms with Crippen LogP contribution in [-0.4, -0.2) is 10.6 Å². The Morgan fingerprint density at radius 1 is 1.38 bits per heavy atom. The maximum absolute atomic E-state index is 5.81. The van der Waals surface area contributed by atoms with Crippen LogP contribution in [-0.2, 0) is 13.5 Å². The summed E-state index contributed by atoms with van der Waals surface area (Å²) in [5.41, 5.74) is 9.92. The van der Waals surface area contributed by atoms with Gasteiger partial charge in [-0.3, -0.25) is 0 Å². The lowest BCUT2D eigenvalue weighted by Crippen LogP contribution is -2.15. The summed E-state index contributed by atoms with van der Waals surface area (Å²) in [5, 5.41) is 1.38. The Morgan fingerprint density at radius 3 is 2.81 bits per heavy atom. The average molecular weight is 216 g/mol. The molecule has 2 N–H and O–H groups in total. The van der Waals surface area contributed by atoms with Gasteiger partial charge in [-0.25, -0.2) is 0 Å². The Kier molecular flexibility index (Phi) is 3.01. The van der Waals surface area contributed by atoms with Gasteiger partial charge in [-0.05, 0) is 37.8 Å². The Labute approximate surface area is 97.1 Å². The van der Waals surface area contributed by atoms with Crippen molar-refractivity contribution in [2.24, 2.45) is 12.8 Å². The Bertz CT molecular complexity index is 495. The standard InChI is InChI=1S/C14H20N2/c1-10-5-4-6-13-12(8-7-11(2)15)9-16(3)14(10)13/h4-6,9,11H,7-8,15H2,1-3H3. The summed E-state index contributed by atoms with van der Waals surface area (Å²) in [6, 6.07) is 6.78. The van der Waals surface area contributed by atoms with Gasteiger partial charge in [0.2, 0.25) is 0 Å². The molecular formula is C14H20N2. The number of nitrogens with zero attached hydrogens (tertiary/aromatic N) is 1. The van der Waals surface area contributed by atoms with Crippen molar-refractivity contribution in [1.82, 2.24) is 4.57 Å². The van der Waals surface area contributed by atoms with E-state index in [1.165, 1.54) is 22.0 Å². The number of nitrogens with two attached hydrogens (primary N) is 1. The molecule has 0 aliphatic carbocycles. The van der Waals surface area contributed by atoms with Crippen LogP contribution in [0, 0.1) is 6.92 Å². The molecule has 16 heavy (non-hydrogen) atoms. The third-order valence-electron chi connectivity index (χ3n) is 3.15. The van der Waals surface area contributed by atoms with Crippen LogP contribution in [0.1, 0.15) is 24.5 Å². The van der Waals surface area contributed by atoms with Gasteiger partial charge in [0.05, 0.1) is 5.52 Å². The fourth-order valence-electron chi connectivity index (χ4n) is 2.34. The van der Waals surface area contributed by atoms with E-state index in [1.807, 2.05) is 0 Å². The molecular weight excluding hydrogens is 196 g/mol. The molecule has 0 radical (unpaired) electrons. The zero-order valence-corrected chi connectivity index (χ0v) is 10.3. The molecule has 2 heteroatoms. The molecule has 0 amide bonds. The highest BCUT2D eigenvalue weighted by molar-refractivity contribution is 5.86. The summed E-state index contributed by atoms with van der Waals surface area (Å²) in [7, 11) is 2.12. The third kappa shape index (κ3) is 1.98. The van der Waals surface area contributed by atoms with E-state index in [9.17, 15) is 0 Å². The van der Waals surface area contributed by atoms with Crippen molar-refractivity contribution in [3.05, 3.63) is 35.5 Å². The predicted octanol–water partition coefficient (Wildman–Crippen LogP) is 2.77. The molecule has 86 valence electrons. The molecule has 0 aliphatic rings. The normalized spacial score (nSPS) is 13.2. The average Bonchev–Trinajstić information content (AvgIpc) is 2.54. The SMILES string of the molecule is Cc1cccc2c(CCC(C)N)cn(C)c12. The molecule has 1 heterocycles. The third-order valence-corrected chi connectivity index (χ3v) is 3.15. The van der Waals surface area contributed by atoms with E-state index in [2.05, 4.69) is 49.9 Å². The van der Waals surface area contributed by atoms with Gasteiger partial charge in [-0.1, -0.05) is 18.2 Å². The number of hydrogen-bond acceptors (Lipinski definition) is 1. The molecule has 0 aliphatic heterocycles. The van der Waals surface area contributed by atoms with Crippen LogP contribution in [0.2, 0.25) is 0 Å². The van der Waals surface area contributed by atoms with Crippen LogP contribution in [0.3, 0.4) is 0 Å². The Morgan fingerprint density at radius 2 is 2.12 bits per heavy atom. The smallest absolute Gasteiger partial charge is 0.0510 e. The molecule has 0 spiro atoms. The number of aromatic nitrogens is 1. The molecule has 2 nitrogen and oxygen atoms in total. The maximum atomic E-state index is 5.81. The van der Waals surface area contributed by atoms with E-state index >= 15 is 0 Å². The van der Waals surface area contributed by atoms with E-state index in [4.69, 9.17) is 5.73 Å². The van der Waals surface area contributed by atoms with Crippen LogP contribution in [0.5, 0.6) is 0 Å². The van der Waals surface area contributed by atoms with Crippen molar-refractivity contribution in [1.29, 1.82) is 0 Å². The first-order valence-corrected chi connectivity index (χ1v) is 5.88. The van der Waals surface area contributed by atoms with E-state index in [0.29, 0.717) is 0 Å². The monoisotopic (exact) mass is 216 g/mol. The molecule has 1 unspecified atom stereocenters. The van der Waals surface area contributed by atoms with E-state index in [0.717, 1.165) is 12.8 Å². The summed E-state index contributed by atoms with van der Waals surface area (Å²) in [6.45, 7) is 4.23. The van der Waals surface area contributed by atoms with Crippen LogP contribution in [0.25, 0.3) is 10.9 Å². The van der Waals surface area contributed by atoms with Gasteiger partial charge in [-0.15, -0.1) is 0 Å². The highest BCUT2D eigenvalue weighted by Gasteiger charge is 2.08. The second kappa shape index (κ2) is 4.30. The number of fused-ring (bicyclic) bond motifs is 1. The molecule has 0 saturated carbocycles. The minimum atomic E-state index is 0.278. The second-order valence-electron chi connectivity index (χ2n) is 4.75. The predicted molar refractivity (Wildman–Crippen MR) is 69.6 cm³/mol. The highest BCUT2D eigenvalue weighted by atomic mass is 14.9. The van der Waals surface area contributed by atoms with Gasteiger partial charge in [0, 0.05) is 24.7 Å². The lowest BCUT2D eigenvalue weighted by molar-refractivity contribution is 0.667. The Hall–Kier alpha value is -1.28. The summed E-state index contributed by atoms with van der Waals surface area (Å²) in [6.07, 6.45) is 4.35. The van der Waals surface area contributed by atoms with Crippen molar-refractivity contribution in [3.8, 4) is 0 Å². The number of benzene rings is 1. The number of para-hydroxylation sites is 1. The van der Waals surface area contributed by atoms with Crippen molar-refractivity contribution < 1.29 is 0 Å². The van der Waals surface area contributed by atoms with Crippen molar-refractivity contribution >= 4 is 10.9 Å². The van der Waals surface area contributed by atoms with E-state index < -0.39 is 0 Å². The van der Waals surface area contributed by atoms with Gasteiger partial charge in [0.25, 0.3) is 0 Å². The molecule has 2 rings (SSSR count). The largest absolute Gasteiger partial charge is 0.350 e. The fourth-order valence-corrected chi connectivity index (χ4v) is 2.34. The summed E-state index contributed by atoms with van der Waals surface area (Å²) >= 11 is 0. The molecule has 0 bridgehead atoms. The molecule has 1 aromatic carbocycles. The summed E-state index contributed by atoms with van der Waals surface area (Å²) < 4.78 is 2.22. The Balaban J connectivity index is 2.43. The topological polar surface area (TPSA) is 30.9 Å². The van der Waals surface area contributed by atoms with Crippen molar-refractivity contribution in [3.63, 3.8) is 0 Å². The lowest BCUT2D eigenvalue weighted by atomic mass is 10.0. The minimum Gasteiger partial charge on any atom is -0.350 e. The molecule has 2 aromatic rings. The van der Waals surface area contributed by atoms with Crippen LogP contribution < -0.4 is 5.73 Å². The van der Waals surface area contributed by atoms with E-state index in [-0.39, 0.29) is 6.04 Å². The van der Waals surface area contributed by atoms with Gasteiger partial charge >= 0.3 is 0 Å². The second-order valence-corrected chi connectivity index (χ2v) is 4.75. The van der Waals surface area contributed by atoms with Crippen LogP contribution in [0.4, 0.5) is 0 Å². The number of rotatable bonds is 3. The van der Waals surface area contributed by atoms with Crippen LogP contribution in [0.15, 0.2) is 24.4 Å². The molecule has 0 saturated heterocycles. The van der Waals surface area contributed by atoms with Gasteiger partial charge in [0.15, 0.2) is 0 Å². The minimum absolute atomic E-state index is 0.278. The van der Waals surface area contributed by atoms with Crippen molar-refractivity contribution in [2.45, 2.75) is 32.7 Å². The first-order valence-electron chi connectivity index (χ1n) is 5.88. The zero-order chi connectivity index (χ0) is 11.7. The highest BCUT2D eigenvalue weighted by Crippen LogP contribution is 2.24. The molecule has 1 atom stereocenters. The summed E-state index contributed by atoms with van der Waals surface area (Å²) in [5.74, 6) is 0. The first kappa shape index (κ1) is 11.2. The number of hydrogen-bond donors (Lipinski definition) is 1. The lowest BCUT2D eigenvalue weighted by Gasteiger charge is -2.03. The quantitative estimate of drug-likeness (QED) is 0.840. The van der Waals surface area contributed by atoms with Crippen molar-refractivity contribution in [2.75, 3.05) is 0 Å². The van der Waals surface area contributed by atoms with Gasteiger partial charge in [0.1, 0.15) is 0 Å². The fraction of sp³-hybridized carbons (Fsp3) is 0.429. The first-order chi connectivity index (χ1) is 7.59. The molecule has 1 aromatic heterocycles.